The SMILES string of the molecule is COc1cc2cc(c1Cl)N(C)C(=O)CC(OC(=O)C(C)C)C1(C)OC1C(C)C1CC(O)(NC(=O)O1)C(OC)/C=C/C=C(/C)C2OC(C)=O. The average Bonchev–Trinajstić information content (AvgIpc) is 3.71. The number of epoxide rings is 1. The van der Waals surface area contributed by atoms with Crippen molar-refractivity contribution in [2.24, 2.45) is 11.8 Å². The largest absolute Gasteiger partial charge is 0.495 e. The van der Waals surface area contributed by atoms with Gasteiger partial charge in [0.05, 0.1) is 31.2 Å². The molecule has 3 heterocycles. The number of amides is 2. The highest BCUT2D eigenvalue weighted by Gasteiger charge is 2.64. The number of fused-ring (bicyclic) bond motifs is 5. The molecule has 1 aromatic carbocycles. The maximum absolute atomic E-state index is 14.0. The Morgan fingerprint density at radius 2 is 1.88 bits per heavy atom. The first kappa shape index (κ1) is 37.2. The van der Waals surface area contributed by atoms with Crippen molar-refractivity contribution in [3.8, 4) is 5.75 Å². The van der Waals surface area contributed by atoms with Crippen LogP contribution >= 0.6 is 11.6 Å². The van der Waals surface area contributed by atoms with Crippen molar-refractivity contribution in [2.75, 3.05) is 26.2 Å². The molecule has 4 rings (SSSR count). The van der Waals surface area contributed by atoms with Crippen LogP contribution in [-0.4, -0.2) is 86.1 Å². The highest BCUT2D eigenvalue weighted by Crippen LogP contribution is 2.49. The molecule has 2 fully saturated rings. The summed E-state index contributed by atoms with van der Waals surface area (Å²) in [5.74, 6) is -2.30. The zero-order valence-corrected chi connectivity index (χ0v) is 29.5. The van der Waals surface area contributed by atoms with Crippen molar-refractivity contribution in [1.82, 2.24) is 5.32 Å². The second-order valence-electron chi connectivity index (χ2n) is 13.0. The number of ether oxygens (including phenoxy) is 6. The highest BCUT2D eigenvalue weighted by atomic mass is 35.5. The summed E-state index contributed by atoms with van der Waals surface area (Å²) < 4.78 is 34.5. The number of nitrogens with one attached hydrogen (secondary N) is 1. The Hall–Kier alpha value is -3.65. The molecule has 0 radical (unpaired) electrons. The molecular weight excluding hydrogens is 648 g/mol. The van der Waals surface area contributed by atoms with Crippen molar-refractivity contribution in [3.05, 3.63) is 46.5 Å². The van der Waals surface area contributed by atoms with Crippen LogP contribution < -0.4 is 15.0 Å². The number of hydrogen-bond acceptors (Lipinski definition) is 11. The first-order valence-electron chi connectivity index (χ1n) is 15.7. The van der Waals surface area contributed by atoms with Gasteiger partial charge in [-0.3, -0.25) is 19.7 Å². The molecule has 3 aliphatic heterocycles. The van der Waals surface area contributed by atoms with Crippen LogP contribution in [0.5, 0.6) is 5.75 Å². The number of methoxy groups -OCH3 is 2. The number of carbonyl (C=O) groups is 4. The second kappa shape index (κ2) is 14.5. The lowest BCUT2D eigenvalue weighted by molar-refractivity contribution is -0.157. The number of aliphatic hydroxyl groups is 1. The fourth-order valence-electron chi connectivity index (χ4n) is 6.18. The minimum atomic E-state index is -1.87. The molecular formula is C34H45ClN2O11. The van der Waals surface area contributed by atoms with Gasteiger partial charge in [0.2, 0.25) is 5.91 Å². The van der Waals surface area contributed by atoms with E-state index in [1.165, 1.54) is 33.1 Å². The van der Waals surface area contributed by atoms with Crippen LogP contribution in [0.3, 0.4) is 0 Å². The molecule has 0 saturated carbocycles. The summed E-state index contributed by atoms with van der Waals surface area (Å²) in [6, 6.07) is 3.23. The first-order valence-corrected chi connectivity index (χ1v) is 16.1. The van der Waals surface area contributed by atoms with Gasteiger partial charge >= 0.3 is 18.0 Å². The van der Waals surface area contributed by atoms with Crippen LogP contribution in [0.15, 0.2) is 35.9 Å². The van der Waals surface area contributed by atoms with E-state index in [0.717, 1.165) is 0 Å². The highest BCUT2D eigenvalue weighted by molar-refractivity contribution is 6.35. The lowest BCUT2D eigenvalue weighted by atomic mass is 9.83. The number of hydrogen-bond donors (Lipinski definition) is 2. The van der Waals surface area contributed by atoms with E-state index in [1.54, 1.807) is 65.0 Å². The van der Waals surface area contributed by atoms with Gasteiger partial charge < -0.3 is 38.4 Å². The molecule has 48 heavy (non-hydrogen) atoms. The van der Waals surface area contributed by atoms with Crippen molar-refractivity contribution < 1.29 is 52.7 Å². The quantitative estimate of drug-likeness (QED) is 0.256. The summed E-state index contributed by atoms with van der Waals surface area (Å²) in [5.41, 5.74) is -1.71. The van der Waals surface area contributed by atoms with Gasteiger partial charge in [0, 0.05) is 39.0 Å². The number of anilines is 1. The van der Waals surface area contributed by atoms with Gasteiger partial charge in [-0.2, -0.15) is 0 Å². The summed E-state index contributed by atoms with van der Waals surface area (Å²) in [4.78, 5) is 53.2. The summed E-state index contributed by atoms with van der Waals surface area (Å²) >= 11 is 6.73. The summed E-state index contributed by atoms with van der Waals surface area (Å²) in [6.07, 6.45) is -0.776. The Balaban J connectivity index is 1.88. The predicted octanol–water partition coefficient (Wildman–Crippen LogP) is 4.39. The molecule has 13 nitrogen and oxygen atoms in total. The molecule has 264 valence electrons. The van der Waals surface area contributed by atoms with Crippen LogP contribution in [-0.2, 0) is 38.1 Å². The topological polar surface area (TPSA) is 162 Å². The monoisotopic (exact) mass is 692 g/mol. The number of rotatable bonds is 5. The maximum atomic E-state index is 14.0. The van der Waals surface area contributed by atoms with Gasteiger partial charge in [-0.1, -0.05) is 50.6 Å². The van der Waals surface area contributed by atoms with E-state index in [2.05, 4.69) is 5.32 Å². The molecule has 0 spiro atoms. The molecule has 0 aliphatic carbocycles. The third kappa shape index (κ3) is 7.64. The van der Waals surface area contributed by atoms with Crippen molar-refractivity contribution in [1.29, 1.82) is 0 Å². The molecule has 4 bridgehead atoms. The Labute approximate surface area is 285 Å². The first-order chi connectivity index (χ1) is 22.4. The molecule has 0 aromatic heterocycles. The number of halogens is 1. The number of benzene rings is 1. The molecule has 14 heteroatoms. The average molecular weight is 693 g/mol. The smallest absolute Gasteiger partial charge is 0.409 e. The summed E-state index contributed by atoms with van der Waals surface area (Å²) in [5, 5.41) is 14.3. The minimum absolute atomic E-state index is 0.0697. The molecule has 3 aliphatic rings. The van der Waals surface area contributed by atoms with Gasteiger partial charge in [-0.15, -0.1) is 0 Å². The van der Waals surface area contributed by atoms with Crippen LogP contribution in [0.4, 0.5) is 10.5 Å². The minimum Gasteiger partial charge on any atom is -0.495 e. The van der Waals surface area contributed by atoms with E-state index in [-0.39, 0.29) is 29.3 Å². The fourth-order valence-corrected chi connectivity index (χ4v) is 6.49. The zero-order valence-electron chi connectivity index (χ0n) is 28.7. The van der Waals surface area contributed by atoms with E-state index in [9.17, 15) is 24.3 Å². The van der Waals surface area contributed by atoms with Crippen LogP contribution in [0.25, 0.3) is 0 Å². The van der Waals surface area contributed by atoms with Crippen LogP contribution in [0.1, 0.15) is 66.1 Å². The lowest BCUT2D eigenvalue weighted by Crippen LogP contribution is -2.63. The number of carbonyl (C=O) groups excluding carboxylic acids is 4. The molecule has 8 unspecified atom stereocenters. The van der Waals surface area contributed by atoms with Gasteiger partial charge in [-0.05, 0) is 31.6 Å². The Morgan fingerprint density at radius 3 is 2.48 bits per heavy atom. The summed E-state index contributed by atoms with van der Waals surface area (Å²) in [7, 11) is 4.34. The predicted molar refractivity (Wildman–Crippen MR) is 174 cm³/mol. The maximum Gasteiger partial charge on any atom is 0.409 e. The number of nitrogens with zero attached hydrogens (tertiary/aromatic N) is 1. The third-order valence-corrected chi connectivity index (χ3v) is 9.52. The number of esters is 2. The van der Waals surface area contributed by atoms with Gasteiger partial charge in [0.25, 0.3) is 0 Å². The molecule has 2 saturated heterocycles. The Bertz CT molecular complexity index is 1500. The van der Waals surface area contributed by atoms with Gasteiger partial charge in [0.15, 0.2) is 5.72 Å². The molecule has 2 amide bonds. The van der Waals surface area contributed by atoms with E-state index in [4.69, 9.17) is 40.0 Å². The van der Waals surface area contributed by atoms with Crippen molar-refractivity contribution in [2.45, 2.75) is 96.2 Å². The number of allylic oxidation sites excluding steroid dienone is 2. The molecule has 8 atom stereocenters. The standard InChI is InChI=1S/C34H45ClN2O11/c1-17(2)31(40)47-26-15-27(39)37(7)22-13-21(14-23(43-8)28(22)35)29(45-20(5)38)18(3)11-10-12-25(44-9)34(42)16-24(46-32(41)36-34)19(4)30-33(26,6)48-30/h10-14,17,19,24-26,29-30,42H,15-16H2,1-9H3,(H,36,41)/b12-10+,18-11-. The Morgan fingerprint density at radius 1 is 1.19 bits per heavy atom. The second-order valence-corrected chi connectivity index (χ2v) is 13.4. The van der Waals surface area contributed by atoms with Gasteiger partial charge in [-0.25, -0.2) is 4.79 Å². The van der Waals surface area contributed by atoms with E-state index < -0.39 is 77.6 Å². The normalized spacial score (nSPS) is 34.2. The fraction of sp³-hybridized carbons (Fsp3) is 0.588. The van der Waals surface area contributed by atoms with Crippen LogP contribution in [0.2, 0.25) is 5.02 Å². The van der Waals surface area contributed by atoms with E-state index >= 15 is 0 Å². The van der Waals surface area contributed by atoms with Gasteiger partial charge in [0.1, 0.15) is 40.8 Å². The molecule has 2 N–H and O–H groups in total. The lowest BCUT2D eigenvalue weighted by Gasteiger charge is -2.42. The third-order valence-electron chi connectivity index (χ3n) is 9.14. The van der Waals surface area contributed by atoms with Crippen LogP contribution in [0, 0.1) is 11.8 Å². The molecule has 1 aromatic rings. The van der Waals surface area contributed by atoms with Crippen molar-refractivity contribution >= 4 is 41.2 Å². The van der Waals surface area contributed by atoms with E-state index in [0.29, 0.717) is 11.1 Å². The number of alkyl carbamates (subject to hydrolysis) is 1. The summed E-state index contributed by atoms with van der Waals surface area (Å²) in [6.45, 7) is 9.90. The van der Waals surface area contributed by atoms with E-state index in [1.807, 2.05) is 0 Å². The van der Waals surface area contributed by atoms with Crippen molar-refractivity contribution in [3.63, 3.8) is 0 Å². The Kier molecular flexibility index (Phi) is 11.2. The zero-order chi connectivity index (χ0) is 35.7.